The van der Waals surface area contributed by atoms with Crippen molar-refractivity contribution in [3.8, 4) is 0 Å². The van der Waals surface area contributed by atoms with E-state index in [2.05, 4.69) is 26.1 Å². The van der Waals surface area contributed by atoms with E-state index in [1.165, 1.54) is 25.1 Å². The van der Waals surface area contributed by atoms with Gasteiger partial charge in [0.1, 0.15) is 5.78 Å². The van der Waals surface area contributed by atoms with Crippen LogP contribution in [0, 0.1) is 22.7 Å². The molecule has 1 saturated heterocycles. The molecular formula is C16H27NOS. The zero-order valence-corrected chi connectivity index (χ0v) is 13.3. The fraction of sp³-hybridized carbons (Fsp3) is 0.938. The van der Waals surface area contributed by atoms with Crippen molar-refractivity contribution in [3.05, 3.63) is 0 Å². The number of fused-ring (bicyclic) bond motifs is 2. The highest BCUT2D eigenvalue weighted by Gasteiger charge is 2.63. The van der Waals surface area contributed by atoms with Gasteiger partial charge in [-0.3, -0.25) is 4.79 Å². The lowest BCUT2D eigenvalue weighted by Gasteiger charge is -2.36. The molecule has 0 radical (unpaired) electrons. The molecule has 1 N–H and O–H groups in total. The monoisotopic (exact) mass is 281 g/mol. The molecule has 0 aromatic carbocycles. The summed E-state index contributed by atoms with van der Waals surface area (Å²) in [6.07, 6.45) is 4.58. The smallest absolute Gasteiger partial charge is 0.140 e. The van der Waals surface area contributed by atoms with Gasteiger partial charge in [0.05, 0.1) is 0 Å². The predicted octanol–water partition coefficient (Wildman–Crippen LogP) is 3.11. The molecule has 2 aliphatic carbocycles. The van der Waals surface area contributed by atoms with Crippen LogP contribution in [0.15, 0.2) is 0 Å². The van der Waals surface area contributed by atoms with Gasteiger partial charge in [-0.25, -0.2) is 0 Å². The molecule has 3 heteroatoms. The first kappa shape index (κ1) is 13.9. The zero-order valence-electron chi connectivity index (χ0n) is 12.5. The third-order valence-corrected chi connectivity index (χ3v) is 7.58. The van der Waals surface area contributed by atoms with Crippen molar-refractivity contribution < 1.29 is 4.79 Å². The molecular weight excluding hydrogens is 254 g/mol. The fourth-order valence-electron chi connectivity index (χ4n) is 4.63. The molecule has 3 fully saturated rings. The topological polar surface area (TPSA) is 29.1 Å². The van der Waals surface area contributed by atoms with Gasteiger partial charge in [-0.15, -0.1) is 0 Å². The molecule has 3 aliphatic rings. The van der Waals surface area contributed by atoms with Gasteiger partial charge in [0.25, 0.3) is 0 Å². The minimum absolute atomic E-state index is 0.00650. The van der Waals surface area contributed by atoms with Crippen LogP contribution in [0.1, 0.15) is 46.5 Å². The second kappa shape index (κ2) is 4.77. The number of thioether (sulfide) groups is 1. The van der Waals surface area contributed by atoms with Crippen LogP contribution in [0.5, 0.6) is 0 Å². The zero-order chi connectivity index (χ0) is 13.7. The van der Waals surface area contributed by atoms with Crippen LogP contribution >= 0.6 is 11.8 Å². The highest BCUT2D eigenvalue weighted by Crippen LogP contribution is 2.64. The van der Waals surface area contributed by atoms with E-state index in [0.29, 0.717) is 17.7 Å². The number of ketones is 1. The Morgan fingerprint density at radius 2 is 2.21 bits per heavy atom. The van der Waals surface area contributed by atoms with Gasteiger partial charge < -0.3 is 5.32 Å². The third kappa shape index (κ3) is 2.08. The molecule has 19 heavy (non-hydrogen) atoms. The maximum atomic E-state index is 12.4. The number of carbonyl (C=O) groups is 1. The number of hydrogen-bond donors (Lipinski definition) is 1. The minimum Gasteiger partial charge on any atom is -0.313 e. The van der Waals surface area contributed by atoms with Crippen LogP contribution in [0.2, 0.25) is 0 Å². The number of Topliss-reactive ketones (excluding diaryl/α,β-unsaturated/α-hetero) is 1. The Morgan fingerprint density at radius 3 is 2.74 bits per heavy atom. The van der Waals surface area contributed by atoms with Crippen LogP contribution in [-0.2, 0) is 4.79 Å². The first-order valence-electron chi connectivity index (χ1n) is 7.80. The van der Waals surface area contributed by atoms with Crippen LogP contribution in [0.25, 0.3) is 0 Å². The van der Waals surface area contributed by atoms with Crippen LogP contribution in [0.3, 0.4) is 0 Å². The van der Waals surface area contributed by atoms with Gasteiger partial charge in [-0.2, -0.15) is 11.8 Å². The van der Waals surface area contributed by atoms with Gasteiger partial charge in [0, 0.05) is 29.4 Å². The van der Waals surface area contributed by atoms with E-state index >= 15 is 0 Å². The third-order valence-electron chi connectivity index (χ3n) is 6.25. The molecule has 0 aromatic heterocycles. The molecule has 4 atom stereocenters. The summed E-state index contributed by atoms with van der Waals surface area (Å²) in [5, 5.41) is 3.60. The normalized spacial score (nSPS) is 44.2. The SMILES string of the molecule is C[C@H]1CN[C@H](CSC[C@]23CCC(CC2=O)C3(C)C)C1. The minimum atomic E-state index is 0.00650. The predicted molar refractivity (Wildman–Crippen MR) is 81.5 cm³/mol. The van der Waals surface area contributed by atoms with Gasteiger partial charge in [-0.05, 0) is 43.1 Å². The van der Waals surface area contributed by atoms with Crippen molar-refractivity contribution in [2.45, 2.75) is 52.5 Å². The number of nitrogens with one attached hydrogen (secondary N) is 1. The van der Waals surface area contributed by atoms with Gasteiger partial charge in [-0.1, -0.05) is 20.8 Å². The standard InChI is InChI=1S/C16H27NOS/c1-11-6-13(17-8-11)9-19-10-16-5-4-12(7-14(16)18)15(16,2)3/h11-13,17H,4-10H2,1-3H3/t11-,12?,13+,16-/m1/s1. The Balaban J connectivity index is 1.58. The Hall–Kier alpha value is -0.0200. The van der Waals surface area contributed by atoms with E-state index in [4.69, 9.17) is 0 Å². The van der Waals surface area contributed by atoms with Gasteiger partial charge in [0.2, 0.25) is 0 Å². The molecule has 2 saturated carbocycles. The average molecular weight is 281 g/mol. The number of carbonyl (C=O) groups excluding carboxylic acids is 1. The van der Waals surface area contributed by atoms with Crippen molar-refractivity contribution in [2.24, 2.45) is 22.7 Å². The van der Waals surface area contributed by atoms with E-state index in [9.17, 15) is 4.79 Å². The molecule has 1 aliphatic heterocycles. The Morgan fingerprint density at radius 1 is 1.42 bits per heavy atom. The molecule has 108 valence electrons. The van der Waals surface area contributed by atoms with Crippen LogP contribution < -0.4 is 5.32 Å². The lowest BCUT2D eigenvalue weighted by atomic mass is 9.70. The van der Waals surface area contributed by atoms with Crippen molar-refractivity contribution >= 4 is 17.5 Å². The molecule has 0 spiro atoms. The summed E-state index contributed by atoms with van der Waals surface area (Å²) in [6, 6.07) is 0.674. The van der Waals surface area contributed by atoms with E-state index in [-0.39, 0.29) is 10.8 Å². The summed E-state index contributed by atoms with van der Waals surface area (Å²) in [5.74, 6) is 4.28. The lowest BCUT2D eigenvalue weighted by Crippen LogP contribution is -2.39. The summed E-state index contributed by atoms with van der Waals surface area (Å²) in [4.78, 5) is 12.4. The van der Waals surface area contributed by atoms with Crippen LogP contribution in [0.4, 0.5) is 0 Å². The molecule has 0 amide bonds. The quantitative estimate of drug-likeness (QED) is 0.858. The molecule has 0 aromatic rings. The first-order chi connectivity index (χ1) is 8.96. The highest BCUT2D eigenvalue weighted by molar-refractivity contribution is 7.99. The Labute approximate surface area is 121 Å². The van der Waals surface area contributed by atoms with Crippen molar-refractivity contribution in [1.82, 2.24) is 5.32 Å². The number of hydrogen-bond acceptors (Lipinski definition) is 3. The molecule has 3 rings (SSSR count). The Kier molecular flexibility index (Phi) is 3.50. The molecule has 2 nitrogen and oxygen atoms in total. The molecule has 1 unspecified atom stereocenters. The van der Waals surface area contributed by atoms with E-state index in [1.807, 2.05) is 11.8 Å². The summed E-state index contributed by atoms with van der Waals surface area (Å²) in [5.41, 5.74) is 0.250. The van der Waals surface area contributed by atoms with Crippen molar-refractivity contribution in [1.29, 1.82) is 0 Å². The van der Waals surface area contributed by atoms with E-state index in [0.717, 1.165) is 24.5 Å². The number of rotatable bonds is 4. The lowest BCUT2D eigenvalue weighted by molar-refractivity contribution is -0.127. The van der Waals surface area contributed by atoms with E-state index in [1.54, 1.807) is 0 Å². The fourth-order valence-corrected chi connectivity index (χ4v) is 6.31. The Bertz CT molecular complexity index is 381. The summed E-state index contributed by atoms with van der Waals surface area (Å²) < 4.78 is 0. The second-order valence-corrected chi connectivity index (χ2v) is 8.66. The first-order valence-corrected chi connectivity index (χ1v) is 8.95. The highest BCUT2D eigenvalue weighted by atomic mass is 32.2. The maximum absolute atomic E-state index is 12.4. The van der Waals surface area contributed by atoms with Crippen molar-refractivity contribution in [2.75, 3.05) is 18.1 Å². The van der Waals surface area contributed by atoms with E-state index < -0.39 is 0 Å². The molecule has 2 bridgehead atoms. The molecule has 1 heterocycles. The summed E-state index contributed by atoms with van der Waals surface area (Å²) in [7, 11) is 0. The summed E-state index contributed by atoms with van der Waals surface area (Å²) >= 11 is 2.02. The maximum Gasteiger partial charge on any atom is 0.140 e. The second-order valence-electron chi connectivity index (χ2n) is 7.63. The average Bonchev–Trinajstić information content (AvgIpc) is 2.91. The van der Waals surface area contributed by atoms with Crippen molar-refractivity contribution in [3.63, 3.8) is 0 Å². The van der Waals surface area contributed by atoms with Gasteiger partial charge >= 0.3 is 0 Å². The van der Waals surface area contributed by atoms with Crippen LogP contribution in [-0.4, -0.2) is 29.9 Å². The van der Waals surface area contributed by atoms with Gasteiger partial charge in [0.15, 0.2) is 0 Å². The largest absolute Gasteiger partial charge is 0.313 e. The summed E-state index contributed by atoms with van der Waals surface area (Å²) in [6.45, 7) is 8.17.